The predicted octanol–water partition coefficient (Wildman–Crippen LogP) is 1.63. The first-order valence-electron chi connectivity index (χ1n) is 5.98. The second-order valence-electron chi connectivity index (χ2n) is 5.12. The number of aliphatic hydroxyl groups is 1. The van der Waals surface area contributed by atoms with Gasteiger partial charge in [-0.3, -0.25) is 4.79 Å². The van der Waals surface area contributed by atoms with Crippen LogP contribution in [0.1, 0.15) is 46.5 Å². The SMILES string of the molecule is CC(C)CC(C)(O)CNCCCCC(=O)O. The summed E-state index contributed by atoms with van der Waals surface area (Å²) in [6, 6.07) is 0. The zero-order chi connectivity index (χ0) is 12.6. The molecule has 4 heteroatoms. The Hall–Kier alpha value is -0.610. The van der Waals surface area contributed by atoms with Crippen LogP contribution < -0.4 is 5.32 Å². The van der Waals surface area contributed by atoms with E-state index in [0.29, 0.717) is 18.9 Å². The second kappa shape index (κ2) is 7.63. The summed E-state index contributed by atoms with van der Waals surface area (Å²) < 4.78 is 0. The van der Waals surface area contributed by atoms with Gasteiger partial charge in [0, 0.05) is 13.0 Å². The van der Waals surface area contributed by atoms with Crippen molar-refractivity contribution in [3.05, 3.63) is 0 Å². The van der Waals surface area contributed by atoms with Gasteiger partial charge in [0.25, 0.3) is 0 Å². The van der Waals surface area contributed by atoms with Crippen LogP contribution in [0.15, 0.2) is 0 Å². The van der Waals surface area contributed by atoms with Crippen molar-refractivity contribution in [1.29, 1.82) is 0 Å². The average molecular weight is 231 g/mol. The monoisotopic (exact) mass is 231 g/mol. The van der Waals surface area contributed by atoms with Gasteiger partial charge in [0.05, 0.1) is 5.60 Å². The van der Waals surface area contributed by atoms with Crippen molar-refractivity contribution in [3.8, 4) is 0 Å². The van der Waals surface area contributed by atoms with E-state index in [1.165, 1.54) is 0 Å². The summed E-state index contributed by atoms with van der Waals surface area (Å²) in [6.07, 6.45) is 2.53. The first kappa shape index (κ1) is 15.4. The number of carboxylic acids is 1. The summed E-state index contributed by atoms with van der Waals surface area (Å²) in [5.74, 6) is -0.268. The summed E-state index contributed by atoms with van der Waals surface area (Å²) in [6.45, 7) is 7.33. The normalized spacial score (nSPS) is 15.1. The molecular weight excluding hydrogens is 206 g/mol. The van der Waals surface area contributed by atoms with E-state index in [4.69, 9.17) is 5.11 Å². The third-order valence-corrected chi connectivity index (χ3v) is 2.35. The third-order valence-electron chi connectivity index (χ3n) is 2.35. The lowest BCUT2D eigenvalue weighted by Crippen LogP contribution is -2.39. The molecule has 4 nitrogen and oxygen atoms in total. The quantitative estimate of drug-likeness (QED) is 0.527. The van der Waals surface area contributed by atoms with Gasteiger partial charge in [-0.05, 0) is 38.6 Å². The first-order chi connectivity index (χ1) is 7.33. The van der Waals surface area contributed by atoms with Crippen LogP contribution in [0.4, 0.5) is 0 Å². The Morgan fingerprint density at radius 2 is 2.00 bits per heavy atom. The summed E-state index contributed by atoms with van der Waals surface area (Å²) in [4.78, 5) is 10.3. The number of hydrogen-bond acceptors (Lipinski definition) is 3. The van der Waals surface area contributed by atoms with Crippen LogP contribution in [0, 0.1) is 5.92 Å². The molecule has 0 amide bonds. The highest BCUT2D eigenvalue weighted by Gasteiger charge is 2.20. The molecule has 3 N–H and O–H groups in total. The maximum Gasteiger partial charge on any atom is 0.303 e. The van der Waals surface area contributed by atoms with E-state index in [1.807, 2.05) is 6.92 Å². The van der Waals surface area contributed by atoms with Gasteiger partial charge >= 0.3 is 5.97 Å². The van der Waals surface area contributed by atoms with Crippen molar-refractivity contribution in [1.82, 2.24) is 5.32 Å². The van der Waals surface area contributed by atoms with E-state index >= 15 is 0 Å². The number of nitrogens with one attached hydrogen (secondary N) is 1. The number of carboxylic acid groups (broad SMARTS) is 1. The van der Waals surface area contributed by atoms with Crippen LogP contribution in [-0.4, -0.2) is 34.9 Å². The van der Waals surface area contributed by atoms with Gasteiger partial charge in [-0.1, -0.05) is 13.8 Å². The highest BCUT2D eigenvalue weighted by atomic mass is 16.4. The van der Waals surface area contributed by atoms with E-state index in [2.05, 4.69) is 19.2 Å². The summed E-state index contributed by atoms with van der Waals surface area (Å²) in [5, 5.41) is 21.6. The Labute approximate surface area is 98.1 Å². The Kier molecular flexibility index (Phi) is 7.34. The van der Waals surface area contributed by atoms with Crippen LogP contribution in [0.3, 0.4) is 0 Å². The molecule has 0 aromatic carbocycles. The molecule has 0 bridgehead atoms. The minimum Gasteiger partial charge on any atom is -0.481 e. The Morgan fingerprint density at radius 3 is 2.50 bits per heavy atom. The molecule has 0 heterocycles. The lowest BCUT2D eigenvalue weighted by atomic mass is 9.94. The first-order valence-corrected chi connectivity index (χ1v) is 5.98. The van der Waals surface area contributed by atoms with Gasteiger partial charge in [0.2, 0.25) is 0 Å². The van der Waals surface area contributed by atoms with E-state index < -0.39 is 11.6 Å². The van der Waals surface area contributed by atoms with Crippen LogP contribution >= 0.6 is 0 Å². The highest BCUT2D eigenvalue weighted by molar-refractivity contribution is 5.66. The van der Waals surface area contributed by atoms with Gasteiger partial charge in [0.1, 0.15) is 0 Å². The summed E-state index contributed by atoms with van der Waals surface area (Å²) in [7, 11) is 0. The standard InChI is InChI=1S/C12H25NO3/c1-10(2)8-12(3,16)9-13-7-5-4-6-11(14)15/h10,13,16H,4-9H2,1-3H3,(H,14,15). The number of carbonyl (C=O) groups is 1. The van der Waals surface area contributed by atoms with Gasteiger partial charge in [-0.25, -0.2) is 0 Å². The van der Waals surface area contributed by atoms with Crippen molar-refractivity contribution in [2.75, 3.05) is 13.1 Å². The van der Waals surface area contributed by atoms with E-state index in [-0.39, 0.29) is 6.42 Å². The molecule has 0 aliphatic carbocycles. The zero-order valence-electron chi connectivity index (χ0n) is 10.6. The maximum atomic E-state index is 10.3. The molecule has 0 spiro atoms. The number of unbranched alkanes of at least 4 members (excludes halogenated alkanes) is 1. The van der Waals surface area contributed by atoms with Crippen LogP contribution in [0.5, 0.6) is 0 Å². The van der Waals surface area contributed by atoms with Crippen molar-refractivity contribution in [2.24, 2.45) is 5.92 Å². The lowest BCUT2D eigenvalue weighted by Gasteiger charge is -2.25. The smallest absolute Gasteiger partial charge is 0.303 e. The molecule has 0 aromatic heterocycles. The molecule has 0 aliphatic rings. The third kappa shape index (κ3) is 9.93. The molecule has 0 radical (unpaired) electrons. The van der Waals surface area contributed by atoms with Crippen LogP contribution in [-0.2, 0) is 4.79 Å². The molecule has 0 saturated carbocycles. The zero-order valence-corrected chi connectivity index (χ0v) is 10.6. The Bertz CT molecular complexity index is 202. The molecule has 96 valence electrons. The van der Waals surface area contributed by atoms with Gasteiger partial charge < -0.3 is 15.5 Å². The molecule has 0 aliphatic heterocycles. The van der Waals surface area contributed by atoms with Crippen molar-refractivity contribution < 1.29 is 15.0 Å². The predicted molar refractivity (Wildman–Crippen MR) is 64.4 cm³/mol. The second-order valence-corrected chi connectivity index (χ2v) is 5.12. The largest absolute Gasteiger partial charge is 0.481 e. The highest BCUT2D eigenvalue weighted by Crippen LogP contribution is 2.14. The van der Waals surface area contributed by atoms with Gasteiger partial charge in [0.15, 0.2) is 0 Å². The molecule has 0 aromatic rings. The molecule has 0 rings (SSSR count). The Morgan fingerprint density at radius 1 is 1.38 bits per heavy atom. The molecule has 0 saturated heterocycles. The van der Waals surface area contributed by atoms with Crippen molar-refractivity contribution in [3.63, 3.8) is 0 Å². The van der Waals surface area contributed by atoms with Crippen LogP contribution in [0.2, 0.25) is 0 Å². The number of aliphatic carboxylic acids is 1. The molecule has 1 unspecified atom stereocenters. The maximum absolute atomic E-state index is 10.3. The summed E-state index contributed by atoms with van der Waals surface area (Å²) >= 11 is 0. The molecular formula is C12H25NO3. The average Bonchev–Trinajstić information content (AvgIpc) is 2.08. The molecule has 16 heavy (non-hydrogen) atoms. The Balaban J connectivity index is 3.46. The fraction of sp³-hybridized carbons (Fsp3) is 0.917. The van der Waals surface area contributed by atoms with Crippen LogP contribution in [0.25, 0.3) is 0 Å². The topological polar surface area (TPSA) is 69.6 Å². The number of rotatable bonds is 9. The fourth-order valence-electron chi connectivity index (χ4n) is 1.84. The van der Waals surface area contributed by atoms with Gasteiger partial charge in [-0.15, -0.1) is 0 Å². The number of hydrogen-bond donors (Lipinski definition) is 3. The summed E-state index contributed by atoms with van der Waals surface area (Å²) in [5.41, 5.74) is -0.666. The fourth-order valence-corrected chi connectivity index (χ4v) is 1.84. The van der Waals surface area contributed by atoms with E-state index in [0.717, 1.165) is 19.4 Å². The minimum atomic E-state index is -0.744. The molecule has 1 atom stereocenters. The lowest BCUT2D eigenvalue weighted by molar-refractivity contribution is -0.137. The van der Waals surface area contributed by atoms with Crippen molar-refractivity contribution >= 4 is 5.97 Å². The van der Waals surface area contributed by atoms with Gasteiger partial charge in [-0.2, -0.15) is 0 Å². The van der Waals surface area contributed by atoms with Crippen molar-refractivity contribution in [2.45, 2.75) is 52.1 Å². The van der Waals surface area contributed by atoms with E-state index in [9.17, 15) is 9.90 Å². The minimum absolute atomic E-state index is 0.226. The molecule has 0 fully saturated rings. The van der Waals surface area contributed by atoms with E-state index in [1.54, 1.807) is 0 Å².